The van der Waals surface area contributed by atoms with Crippen molar-refractivity contribution in [1.82, 2.24) is 20.6 Å². The summed E-state index contributed by atoms with van der Waals surface area (Å²) in [5.74, 6) is 0.276. The van der Waals surface area contributed by atoms with Crippen LogP contribution in [-0.4, -0.2) is 46.6 Å². The SMILES string of the molecule is O=C(COc1cnc2cc[nH]c2c1)NC1CCCCCCCCCC2CC(NC(=O)COc3ccc(Cl)c(F)c3)(C2)C1. The topological polar surface area (TPSA) is 105 Å². The summed E-state index contributed by atoms with van der Waals surface area (Å²) in [6.07, 6.45) is 16.1. The van der Waals surface area contributed by atoms with Crippen molar-refractivity contribution < 1.29 is 23.5 Å². The number of carbonyl (C=O) groups excluding carboxylic acids is 2. The molecule has 3 aromatic rings. The van der Waals surface area contributed by atoms with Gasteiger partial charge in [0.1, 0.15) is 17.3 Å². The van der Waals surface area contributed by atoms with Gasteiger partial charge in [0.25, 0.3) is 11.8 Å². The van der Waals surface area contributed by atoms with E-state index in [1.54, 1.807) is 6.20 Å². The number of pyridine rings is 1. The quantitative estimate of drug-likeness (QED) is 0.275. The summed E-state index contributed by atoms with van der Waals surface area (Å²) in [5.41, 5.74) is 1.27. The van der Waals surface area contributed by atoms with Crippen LogP contribution in [0, 0.1) is 11.7 Å². The van der Waals surface area contributed by atoms with Gasteiger partial charge in [-0.15, -0.1) is 0 Å². The molecule has 226 valence electrons. The van der Waals surface area contributed by atoms with Crippen molar-refractivity contribution in [3.05, 3.63) is 53.6 Å². The van der Waals surface area contributed by atoms with Crippen LogP contribution in [0.4, 0.5) is 4.39 Å². The Hall–Kier alpha value is -3.33. The standard InChI is InChI=1S/C32H40ClFN4O4/c33-26-11-10-24(14-27(26)34)41-21-31(40)38-32-16-22(17-32)8-6-4-2-1-3-5-7-9-23(18-32)37-30(39)20-42-25-15-29-28(36-19-25)12-13-35-29/h10-15,19,22-23,35H,1-9,16-18,20-21H2,(H,37,39)(H,38,40). The Kier molecular flexibility index (Phi) is 10.2. The molecule has 2 aromatic heterocycles. The summed E-state index contributed by atoms with van der Waals surface area (Å²) in [6.45, 7) is -0.338. The third kappa shape index (κ3) is 8.37. The van der Waals surface area contributed by atoms with Gasteiger partial charge in [0.2, 0.25) is 0 Å². The number of ether oxygens (including phenoxy) is 2. The van der Waals surface area contributed by atoms with Crippen molar-refractivity contribution in [3.8, 4) is 11.5 Å². The number of aromatic amines is 1. The fraction of sp³-hybridized carbons (Fsp3) is 0.531. The van der Waals surface area contributed by atoms with E-state index >= 15 is 0 Å². The smallest absolute Gasteiger partial charge is 0.258 e. The van der Waals surface area contributed by atoms with Crippen LogP contribution < -0.4 is 20.1 Å². The molecule has 2 heterocycles. The fourth-order valence-electron chi connectivity index (χ4n) is 6.43. The highest BCUT2D eigenvalue weighted by molar-refractivity contribution is 6.30. The molecule has 3 saturated carbocycles. The number of rotatable bonds is 8. The van der Waals surface area contributed by atoms with Crippen molar-refractivity contribution in [2.24, 2.45) is 5.92 Å². The van der Waals surface area contributed by atoms with Gasteiger partial charge in [-0.3, -0.25) is 14.6 Å². The maximum Gasteiger partial charge on any atom is 0.258 e. The molecule has 3 aliphatic rings. The van der Waals surface area contributed by atoms with Crippen molar-refractivity contribution in [3.63, 3.8) is 0 Å². The van der Waals surface area contributed by atoms with Gasteiger partial charge >= 0.3 is 0 Å². The van der Waals surface area contributed by atoms with Gasteiger partial charge in [0.05, 0.1) is 22.3 Å². The second kappa shape index (κ2) is 14.2. The third-order valence-electron chi connectivity index (χ3n) is 8.44. The van der Waals surface area contributed by atoms with E-state index in [4.69, 9.17) is 21.1 Å². The molecule has 1 unspecified atom stereocenters. The molecule has 3 N–H and O–H groups in total. The summed E-state index contributed by atoms with van der Waals surface area (Å²) in [6, 6.07) is 7.73. The van der Waals surface area contributed by atoms with Gasteiger partial charge in [-0.05, 0) is 49.8 Å². The van der Waals surface area contributed by atoms with Gasteiger partial charge in [0, 0.05) is 29.9 Å². The summed E-state index contributed by atoms with van der Waals surface area (Å²) in [5, 5.41) is 6.43. The lowest BCUT2D eigenvalue weighted by Gasteiger charge is -2.50. The number of H-pyrrole nitrogens is 1. The molecule has 1 aromatic carbocycles. The molecule has 0 aliphatic heterocycles. The molecule has 0 spiro atoms. The van der Waals surface area contributed by atoms with E-state index in [0.29, 0.717) is 18.1 Å². The highest BCUT2D eigenvalue weighted by Crippen LogP contribution is 2.44. The van der Waals surface area contributed by atoms with Crippen LogP contribution in [0.3, 0.4) is 0 Å². The molecule has 10 heteroatoms. The van der Waals surface area contributed by atoms with Gasteiger partial charge in [-0.25, -0.2) is 4.39 Å². The molecule has 0 radical (unpaired) electrons. The Morgan fingerprint density at radius 2 is 1.64 bits per heavy atom. The van der Waals surface area contributed by atoms with E-state index in [1.807, 2.05) is 18.3 Å². The molecule has 2 bridgehead atoms. The Bertz CT molecular complexity index is 1360. The molecule has 6 rings (SSSR count). The largest absolute Gasteiger partial charge is 0.484 e. The maximum atomic E-state index is 13.8. The Morgan fingerprint density at radius 3 is 2.43 bits per heavy atom. The first kappa shape index (κ1) is 30.1. The summed E-state index contributed by atoms with van der Waals surface area (Å²) < 4.78 is 25.1. The Morgan fingerprint density at radius 1 is 0.929 bits per heavy atom. The molecule has 42 heavy (non-hydrogen) atoms. The molecule has 2 amide bonds. The number of amides is 2. The lowest BCUT2D eigenvalue weighted by atomic mass is 9.63. The number of fused-ring (bicyclic) bond motifs is 11. The lowest BCUT2D eigenvalue weighted by Crippen LogP contribution is -2.61. The average Bonchev–Trinajstić information content (AvgIpc) is 3.42. The van der Waals surface area contributed by atoms with Crippen LogP contribution >= 0.6 is 11.6 Å². The van der Waals surface area contributed by atoms with Gasteiger partial charge in [-0.2, -0.15) is 0 Å². The highest BCUT2D eigenvalue weighted by atomic mass is 35.5. The molecule has 3 aliphatic carbocycles. The first-order valence-corrected chi connectivity index (χ1v) is 15.5. The van der Waals surface area contributed by atoms with E-state index < -0.39 is 11.4 Å². The minimum Gasteiger partial charge on any atom is -0.484 e. The van der Waals surface area contributed by atoms with Gasteiger partial charge < -0.3 is 25.1 Å². The second-order valence-electron chi connectivity index (χ2n) is 11.9. The highest BCUT2D eigenvalue weighted by Gasteiger charge is 2.46. The van der Waals surface area contributed by atoms with E-state index in [1.165, 1.54) is 50.3 Å². The maximum absolute atomic E-state index is 13.8. The third-order valence-corrected chi connectivity index (χ3v) is 8.74. The van der Waals surface area contributed by atoms with E-state index in [9.17, 15) is 14.0 Å². The zero-order valence-corrected chi connectivity index (χ0v) is 24.7. The average molecular weight is 599 g/mol. The van der Waals surface area contributed by atoms with Crippen molar-refractivity contribution in [2.75, 3.05) is 13.2 Å². The minimum absolute atomic E-state index is 0.00247. The minimum atomic E-state index is -0.593. The van der Waals surface area contributed by atoms with Crippen LogP contribution in [0.15, 0.2) is 42.7 Å². The molecular weight excluding hydrogens is 559 g/mol. The molecule has 3 fully saturated rings. The van der Waals surface area contributed by atoms with E-state index in [2.05, 4.69) is 20.6 Å². The lowest BCUT2D eigenvalue weighted by molar-refractivity contribution is -0.127. The van der Waals surface area contributed by atoms with E-state index in [-0.39, 0.29) is 41.8 Å². The number of nitrogens with zero attached hydrogens (tertiary/aromatic N) is 1. The van der Waals surface area contributed by atoms with Crippen molar-refractivity contribution in [2.45, 2.75) is 88.6 Å². The Balaban J connectivity index is 1.21. The van der Waals surface area contributed by atoms with Crippen molar-refractivity contribution >= 4 is 34.4 Å². The summed E-state index contributed by atoms with van der Waals surface area (Å²) in [4.78, 5) is 33.5. The monoisotopic (exact) mass is 598 g/mol. The van der Waals surface area contributed by atoms with Crippen LogP contribution in [0.1, 0.15) is 77.0 Å². The summed E-state index contributed by atoms with van der Waals surface area (Å²) in [7, 11) is 0. The molecule has 8 nitrogen and oxygen atoms in total. The Labute approximate surface area is 251 Å². The number of nitrogens with one attached hydrogen (secondary N) is 3. The van der Waals surface area contributed by atoms with Crippen molar-refractivity contribution in [1.29, 1.82) is 0 Å². The predicted octanol–water partition coefficient (Wildman–Crippen LogP) is 6.48. The number of aromatic nitrogens is 2. The molecule has 1 atom stereocenters. The number of carbonyl (C=O) groups is 2. The van der Waals surface area contributed by atoms with E-state index in [0.717, 1.165) is 49.6 Å². The molecule has 0 saturated heterocycles. The van der Waals surface area contributed by atoms with Gasteiger partial charge in [-0.1, -0.05) is 63.0 Å². The zero-order chi connectivity index (χ0) is 29.4. The number of hydrogen-bond acceptors (Lipinski definition) is 5. The number of halogens is 2. The fourth-order valence-corrected chi connectivity index (χ4v) is 6.55. The normalized spacial score (nSPS) is 23.3. The number of hydrogen-bond donors (Lipinski definition) is 3. The zero-order valence-electron chi connectivity index (χ0n) is 23.9. The molecular formula is C32H40ClFN4O4. The first-order chi connectivity index (χ1) is 20.4. The van der Waals surface area contributed by atoms with Crippen LogP contribution in [0.2, 0.25) is 5.02 Å². The number of benzene rings is 1. The second-order valence-corrected chi connectivity index (χ2v) is 12.3. The predicted molar refractivity (Wildman–Crippen MR) is 160 cm³/mol. The van der Waals surface area contributed by atoms with Crippen LogP contribution in [-0.2, 0) is 9.59 Å². The van der Waals surface area contributed by atoms with Gasteiger partial charge in [0.15, 0.2) is 13.2 Å². The van der Waals surface area contributed by atoms with Crippen LogP contribution in [0.5, 0.6) is 11.5 Å². The van der Waals surface area contributed by atoms with Crippen LogP contribution in [0.25, 0.3) is 11.0 Å². The first-order valence-electron chi connectivity index (χ1n) is 15.1. The summed E-state index contributed by atoms with van der Waals surface area (Å²) >= 11 is 5.76.